The molecular weight excluding hydrogens is 435 g/mol. The molecule has 3 N–H and O–H groups in total. The van der Waals surface area contributed by atoms with Crippen LogP contribution in [0.3, 0.4) is 0 Å². The minimum Gasteiger partial charge on any atom is -0.493 e. The fraction of sp³-hybridized carbons (Fsp3) is 0.560. The van der Waals surface area contributed by atoms with E-state index in [1.54, 1.807) is 7.05 Å². The lowest BCUT2D eigenvalue weighted by Gasteiger charge is -2.20. The lowest BCUT2D eigenvalue weighted by Crippen LogP contribution is -2.20. The number of alkyl halides is 3. The predicted molar refractivity (Wildman–Crippen MR) is 121 cm³/mol. The number of hydrogen-bond acceptors (Lipinski definition) is 4. The van der Waals surface area contributed by atoms with Crippen LogP contribution in [0.25, 0.3) is 0 Å². The van der Waals surface area contributed by atoms with Gasteiger partial charge in [-0.1, -0.05) is 37.3 Å². The van der Waals surface area contributed by atoms with Gasteiger partial charge in [0.15, 0.2) is 0 Å². The number of amides is 1. The van der Waals surface area contributed by atoms with E-state index in [2.05, 4.69) is 5.32 Å². The number of nitrogens with one attached hydrogen (secondary N) is 1. The number of allylic oxidation sites excluding steroid dienone is 2. The second-order valence-electron chi connectivity index (χ2n) is 8.58. The largest absolute Gasteiger partial charge is 0.493 e. The highest BCUT2D eigenvalue weighted by molar-refractivity contribution is 5.75. The molecule has 2 rings (SSSR count). The standard InChI is InChI=1S/C25H34F3NO4/c1-17(16-33-19-9-7-8-18(14-19)25(26,27)28)12-13-21-20(22(30)15-23(21)31)10-5-3-4-6-11-24(32)29-2/h3,5,7-9,12-14,17,20-23,30-31H,4,6,10-11,15-16H2,1-2H3,(H,29,32)/b5-3-,13-12+/t17-,20-,21-,22+,23-/m1/s1. The van der Waals surface area contributed by atoms with Gasteiger partial charge < -0.3 is 20.3 Å². The zero-order chi connectivity index (χ0) is 24.4. The van der Waals surface area contributed by atoms with E-state index < -0.39 is 23.9 Å². The topological polar surface area (TPSA) is 78.8 Å². The van der Waals surface area contributed by atoms with Gasteiger partial charge in [0.05, 0.1) is 24.4 Å². The first-order valence-electron chi connectivity index (χ1n) is 11.3. The number of aliphatic hydroxyl groups excluding tert-OH is 2. The number of unbranched alkanes of at least 4 members (excludes halogenated alkanes) is 1. The molecule has 1 aromatic rings. The summed E-state index contributed by atoms with van der Waals surface area (Å²) < 4.78 is 44.0. The van der Waals surface area contributed by atoms with E-state index in [1.165, 1.54) is 12.1 Å². The first-order chi connectivity index (χ1) is 15.6. The van der Waals surface area contributed by atoms with Gasteiger partial charge >= 0.3 is 6.18 Å². The third kappa shape index (κ3) is 8.85. The summed E-state index contributed by atoms with van der Waals surface area (Å²) in [6.07, 6.45) is 4.95. The quantitative estimate of drug-likeness (QED) is 0.330. The average Bonchev–Trinajstić information content (AvgIpc) is 3.04. The molecule has 1 aromatic carbocycles. The number of ether oxygens (including phenoxy) is 1. The Bertz CT molecular complexity index is 809. The highest BCUT2D eigenvalue weighted by Crippen LogP contribution is 2.36. The van der Waals surface area contributed by atoms with E-state index in [0.29, 0.717) is 19.3 Å². The van der Waals surface area contributed by atoms with Gasteiger partial charge in [-0.05, 0) is 43.4 Å². The van der Waals surface area contributed by atoms with Crippen molar-refractivity contribution in [2.45, 2.75) is 57.4 Å². The Balaban J connectivity index is 1.86. The molecule has 0 saturated heterocycles. The second-order valence-corrected chi connectivity index (χ2v) is 8.58. The van der Waals surface area contributed by atoms with Crippen LogP contribution in [0.1, 0.15) is 44.6 Å². The highest BCUT2D eigenvalue weighted by Gasteiger charge is 2.39. The van der Waals surface area contributed by atoms with Crippen molar-refractivity contribution in [1.82, 2.24) is 5.32 Å². The molecule has 33 heavy (non-hydrogen) atoms. The van der Waals surface area contributed by atoms with E-state index in [1.807, 2.05) is 31.2 Å². The summed E-state index contributed by atoms with van der Waals surface area (Å²) in [7, 11) is 1.61. The highest BCUT2D eigenvalue weighted by atomic mass is 19.4. The number of carbonyl (C=O) groups is 1. The molecule has 1 aliphatic rings. The van der Waals surface area contributed by atoms with Crippen molar-refractivity contribution in [3.63, 3.8) is 0 Å². The maximum atomic E-state index is 12.8. The van der Waals surface area contributed by atoms with Crippen molar-refractivity contribution in [2.75, 3.05) is 13.7 Å². The van der Waals surface area contributed by atoms with Gasteiger partial charge in [-0.2, -0.15) is 13.2 Å². The van der Waals surface area contributed by atoms with Crippen LogP contribution in [-0.2, 0) is 11.0 Å². The van der Waals surface area contributed by atoms with Gasteiger partial charge in [-0.15, -0.1) is 0 Å². The van der Waals surface area contributed by atoms with Crippen LogP contribution >= 0.6 is 0 Å². The molecule has 8 heteroatoms. The van der Waals surface area contributed by atoms with Gasteiger partial charge in [0.1, 0.15) is 5.75 Å². The van der Waals surface area contributed by atoms with Gasteiger partial charge in [-0.25, -0.2) is 0 Å². The summed E-state index contributed by atoms with van der Waals surface area (Å²) >= 11 is 0. The summed E-state index contributed by atoms with van der Waals surface area (Å²) in [4.78, 5) is 11.2. The molecule has 0 heterocycles. The molecule has 184 valence electrons. The van der Waals surface area contributed by atoms with Crippen LogP contribution < -0.4 is 10.1 Å². The van der Waals surface area contributed by atoms with Gasteiger partial charge in [0.2, 0.25) is 5.91 Å². The van der Waals surface area contributed by atoms with E-state index in [4.69, 9.17) is 4.74 Å². The first kappa shape index (κ1) is 26.9. The minimum atomic E-state index is -4.42. The predicted octanol–water partition coefficient (Wildman–Crippen LogP) is 4.50. The summed E-state index contributed by atoms with van der Waals surface area (Å²) in [6, 6.07) is 4.77. The Morgan fingerprint density at radius 2 is 2.03 bits per heavy atom. The van der Waals surface area contributed by atoms with Crippen molar-refractivity contribution in [1.29, 1.82) is 0 Å². The fourth-order valence-corrected chi connectivity index (χ4v) is 3.95. The SMILES string of the molecule is CNC(=O)CCC/C=C\C[C@@H]1[C@@H](/C=C/[C@@H](C)COc2cccc(C(F)(F)F)c2)[C@H](O)C[C@@H]1O. The number of benzene rings is 1. The Labute approximate surface area is 193 Å². The van der Waals surface area contributed by atoms with Crippen LogP contribution in [-0.4, -0.2) is 42.0 Å². The average molecular weight is 470 g/mol. The number of hydrogen-bond donors (Lipinski definition) is 3. The summed E-state index contributed by atoms with van der Waals surface area (Å²) in [6.45, 7) is 2.07. The molecule has 5 nitrogen and oxygen atoms in total. The summed E-state index contributed by atoms with van der Waals surface area (Å²) in [5.74, 6) is -0.269. The zero-order valence-electron chi connectivity index (χ0n) is 19.1. The molecule has 0 aliphatic heterocycles. The molecule has 1 saturated carbocycles. The van der Waals surface area contributed by atoms with E-state index in [0.717, 1.165) is 25.0 Å². The molecule has 0 unspecified atom stereocenters. The van der Waals surface area contributed by atoms with E-state index in [9.17, 15) is 28.2 Å². The van der Waals surface area contributed by atoms with Crippen molar-refractivity contribution in [3.8, 4) is 5.75 Å². The zero-order valence-corrected chi connectivity index (χ0v) is 19.1. The van der Waals surface area contributed by atoms with Crippen molar-refractivity contribution >= 4 is 5.91 Å². The Morgan fingerprint density at radius 3 is 2.73 bits per heavy atom. The third-order valence-electron chi connectivity index (χ3n) is 5.88. The van der Waals surface area contributed by atoms with Gasteiger partial charge in [0, 0.05) is 31.7 Å². The minimum absolute atomic E-state index is 0.00842. The number of carbonyl (C=O) groups excluding carboxylic acids is 1. The Kier molecular flexibility index (Phi) is 10.4. The summed E-state index contributed by atoms with van der Waals surface area (Å²) in [5.41, 5.74) is -0.754. The lowest BCUT2D eigenvalue weighted by molar-refractivity contribution is -0.137. The van der Waals surface area contributed by atoms with Crippen LogP contribution in [0.5, 0.6) is 5.75 Å². The smallest absolute Gasteiger partial charge is 0.416 e. The number of halogens is 3. The normalized spacial score (nSPS) is 24.5. The van der Waals surface area contributed by atoms with E-state index >= 15 is 0 Å². The van der Waals surface area contributed by atoms with Crippen molar-refractivity contribution < 1.29 is 32.9 Å². The molecule has 0 spiro atoms. The molecule has 1 aliphatic carbocycles. The number of rotatable bonds is 11. The first-order valence-corrected chi connectivity index (χ1v) is 11.3. The molecule has 0 bridgehead atoms. The summed E-state index contributed by atoms with van der Waals surface area (Å²) in [5, 5.41) is 23.3. The monoisotopic (exact) mass is 469 g/mol. The van der Waals surface area contributed by atoms with Crippen LogP contribution in [0.2, 0.25) is 0 Å². The molecule has 5 atom stereocenters. The van der Waals surface area contributed by atoms with Crippen molar-refractivity contribution in [3.05, 3.63) is 54.1 Å². The molecule has 1 fully saturated rings. The molecule has 0 radical (unpaired) electrons. The molecule has 1 amide bonds. The maximum Gasteiger partial charge on any atom is 0.416 e. The maximum absolute atomic E-state index is 12.8. The van der Waals surface area contributed by atoms with Crippen LogP contribution in [0, 0.1) is 17.8 Å². The number of aliphatic hydroxyl groups is 2. The third-order valence-corrected chi connectivity index (χ3v) is 5.88. The second kappa shape index (κ2) is 12.8. The Morgan fingerprint density at radius 1 is 1.27 bits per heavy atom. The van der Waals surface area contributed by atoms with Gasteiger partial charge in [0.25, 0.3) is 0 Å². The molecule has 0 aromatic heterocycles. The Hall–Kier alpha value is -2.32. The molecular formula is C25H34F3NO4. The van der Waals surface area contributed by atoms with E-state index in [-0.39, 0.29) is 36.0 Å². The van der Waals surface area contributed by atoms with Crippen LogP contribution in [0.4, 0.5) is 13.2 Å². The van der Waals surface area contributed by atoms with Crippen LogP contribution in [0.15, 0.2) is 48.6 Å². The van der Waals surface area contributed by atoms with Gasteiger partial charge in [-0.3, -0.25) is 4.79 Å². The lowest BCUT2D eigenvalue weighted by atomic mass is 9.89. The fourth-order valence-electron chi connectivity index (χ4n) is 3.95. The van der Waals surface area contributed by atoms with Crippen molar-refractivity contribution in [2.24, 2.45) is 17.8 Å².